The van der Waals surface area contributed by atoms with Gasteiger partial charge in [-0.25, -0.2) is 13.2 Å². The molecule has 3 aromatic rings. The summed E-state index contributed by atoms with van der Waals surface area (Å²) < 4.78 is 47.9. The second-order valence-corrected chi connectivity index (χ2v) is 12.1. The highest BCUT2D eigenvalue weighted by Gasteiger charge is 2.16. The van der Waals surface area contributed by atoms with E-state index < -0.39 is 27.6 Å². The predicted octanol–water partition coefficient (Wildman–Crippen LogP) is 3.18. The molecule has 4 N–H and O–H groups in total. The molecule has 2 amide bonds. The Hall–Kier alpha value is -5.38. The van der Waals surface area contributed by atoms with E-state index in [9.17, 15) is 33.0 Å². The Balaban J connectivity index is 1.49. The molecule has 260 valence electrons. The zero-order valence-corrected chi connectivity index (χ0v) is 27.8. The largest absolute Gasteiger partial charge is 0.496 e. The van der Waals surface area contributed by atoms with E-state index in [0.717, 1.165) is 17.5 Å². The number of anilines is 1. The molecule has 0 spiro atoms. The van der Waals surface area contributed by atoms with Gasteiger partial charge in [0.2, 0.25) is 23.6 Å². The average Bonchev–Trinajstić information content (AvgIpc) is 3.37. The number of aromatic hydroxyl groups is 2. The van der Waals surface area contributed by atoms with Gasteiger partial charge < -0.3 is 44.6 Å². The number of ether oxygens (including phenoxy) is 4. The van der Waals surface area contributed by atoms with Crippen LogP contribution in [0.1, 0.15) is 43.2 Å². The minimum absolute atomic E-state index is 0.0220. The van der Waals surface area contributed by atoms with Crippen molar-refractivity contribution < 1.29 is 56.8 Å². The number of carbonyl (C=O) groups is 3. The summed E-state index contributed by atoms with van der Waals surface area (Å²) in [5.41, 5.74) is 1.11. The molecule has 48 heavy (non-hydrogen) atoms. The molecule has 0 saturated heterocycles. The number of hydrogen-bond acceptors (Lipinski definition) is 12. The number of benzene rings is 2. The lowest BCUT2D eigenvalue weighted by Gasteiger charge is -2.13. The van der Waals surface area contributed by atoms with Gasteiger partial charge in [0.25, 0.3) is 0 Å². The summed E-state index contributed by atoms with van der Waals surface area (Å²) in [4.78, 5) is 41.4. The molecule has 16 heteroatoms. The second-order valence-electron chi connectivity index (χ2n) is 10.3. The Bertz CT molecular complexity index is 1690. The molecule has 0 atom stereocenters. The summed E-state index contributed by atoms with van der Waals surface area (Å²) in [5, 5.41) is 25.4. The number of nitrogens with one attached hydrogen (secondary N) is 2. The average molecular weight is 690 g/mol. The van der Waals surface area contributed by atoms with E-state index in [0.29, 0.717) is 45.3 Å². The topological polar surface area (TPSA) is 201 Å². The summed E-state index contributed by atoms with van der Waals surface area (Å²) in [6.07, 6.45) is 1.81. The van der Waals surface area contributed by atoms with Gasteiger partial charge in [0.15, 0.2) is 9.84 Å². The lowest BCUT2D eigenvalue weighted by molar-refractivity contribution is -0.145. The monoisotopic (exact) mass is 689 g/mol. The van der Waals surface area contributed by atoms with Crippen molar-refractivity contribution in [3.05, 3.63) is 59.0 Å². The molecule has 0 radical (unpaired) electrons. The predicted molar refractivity (Wildman–Crippen MR) is 175 cm³/mol. The van der Waals surface area contributed by atoms with Crippen LogP contribution in [0.3, 0.4) is 0 Å². The summed E-state index contributed by atoms with van der Waals surface area (Å²) >= 11 is 0. The zero-order valence-electron chi connectivity index (χ0n) is 27.0. The van der Waals surface area contributed by atoms with Crippen LogP contribution in [-0.4, -0.2) is 76.1 Å². The van der Waals surface area contributed by atoms with Crippen LogP contribution in [0, 0.1) is 0 Å². The molecule has 0 aliphatic rings. The first-order chi connectivity index (χ1) is 22.9. The fourth-order valence-electron chi connectivity index (χ4n) is 4.41. The summed E-state index contributed by atoms with van der Waals surface area (Å²) in [5.74, 6) is -1.16. The van der Waals surface area contributed by atoms with Crippen LogP contribution < -0.4 is 34.4 Å². The van der Waals surface area contributed by atoms with Crippen LogP contribution in [0.15, 0.2) is 47.9 Å². The Labute approximate surface area is 277 Å². The molecule has 15 nitrogen and oxygen atoms in total. The van der Waals surface area contributed by atoms with Gasteiger partial charge in [0.05, 0.1) is 45.4 Å². The van der Waals surface area contributed by atoms with Crippen LogP contribution in [0.5, 0.6) is 34.8 Å². The van der Waals surface area contributed by atoms with Crippen molar-refractivity contribution in [1.29, 1.82) is 0 Å². The minimum atomic E-state index is -3.78. The molecular formula is C32H39N3O12S. The van der Waals surface area contributed by atoms with Gasteiger partial charge in [0, 0.05) is 55.5 Å². The second kappa shape index (κ2) is 17.5. The first-order valence-corrected chi connectivity index (χ1v) is 16.4. The van der Waals surface area contributed by atoms with Crippen molar-refractivity contribution in [3.8, 4) is 34.8 Å². The third-order valence-corrected chi connectivity index (χ3v) is 8.07. The zero-order chi connectivity index (χ0) is 35.3. The highest BCUT2D eigenvalue weighted by Crippen LogP contribution is 2.35. The van der Waals surface area contributed by atoms with Gasteiger partial charge in [-0.3, -0.25) is 9.59 Å². The summed E-state index contributed by atoms with van der Waals surface area (Å²) in [6.45, 7) is 0.202. The Morgan fingerprint density at radius 3 is 2.02 bits per heavy atom. The molecule has 0 unspecified atom stereocenters. The van der Waals surface area contributed by atoms with E-state index in [1.807, 2.05) is 0 Å². The van der Waals surface area contributed by atoms with E-state index in [1.165, 1.54) is 40.6 Å². The van der Waals surface area contributed by atoms with Gasteiger partial charge in [-0.2, -0.15) is 0 Å². The highest BCUT2D eigenvalue weighted by molar-refractivity contribution is 7.93. The highest BCUT2D eigenvalue weighted by atomic mass is 32.2. The van der Waals surface area contributed by atoms with Gasteiger partial charge in [-0.1, -0.05) is 6.07 Å². The number of sulfone groups is 1. The fraction of sp³-hybridized carbons (Fsp3) is 0.344. The van der Waals surface area contributed by atoms with E-state index in [1.54, 1.807) is 24.3 Å². The van der Waals surface area contributed by atoms with Crippen molar-refractivity contribution >= 4 is 39.4 Å². The first-order valence-electron chi connectivity index (χ1n) is 14.6. The quantitative estimate of drug-likeness (QED) is 0.142. The normalized spacial score (nSPS) is 11.2. The van der Waals surface area contributed by atoms with Gasteiger partial charge in [0.1, 0.15) is 23.0 Å². The van der Waals surface area contributed by atoms with Crippen LogP contribution in [0.4, 0.5) is 5.69 Å². The molecule has 0 fully saturated rings. The maximum atomic E-state index is 13.0. The van der Waals surface area contributed by atoms with E-state index >= 15 is 0 Å². The van der Waals surface area contributed by atoms with Gasteiger partial charge in [-0.05, 0) is 36.6 Å². The van der Waals surface area contributed by atoms with Gasteiger partial charge in [-0.15, -0.1) is 4.73 Å². The molecule has 0 aliphatic heterocycles. The van der Waals surface area contributed by atoms with Crippen LogP contribution in [-0.2, 0) is 30.0 Å². The number of rotatable bonds is 18. The maximum Gasteiger partial charge on any atom is 0.333 e. The minimum Gasteiger partial charge on any atom is -0.496 e. The number of amides is 2. The van der Waals surface area contributed by atoms with E-state index in [-0.39, 0.29) is 55.5 Å². The molecular weight excluding hydrogens is 650 g/mol. The molecule has 3 rings (SSSR count). The molecule has 2 aromatic carbocycles. The molecule has 0 saturated carbocycles. The number of methoxy groups -OCH3 is 4. The Morgan fingerprint density at radius 2 is 1.42 bits per heavy atom. The molecule has 0 aliphatic carbocycles. The third-order valence-electron chi connectivity index (χ3n) is 6.78. The van der Waals surface area contributed by atoms with Crippen molar-refractivity contribution in [2.24, 2.45) is 0 Å². The van der Waals surface area contributed by atoms with Crippen LogP contribution in [0.2, 0.25) is 0 Å². The Kier molecular flexibility index (Phi) is 13.5. The smallest absolute Gasteiger partial charge is 0.333 e. The SMILES string of the molecule is COc1cc(OC)c(C=CS(=O)(=O)Cc2ccc(OC)c(NC(=O)CCCNC(=O)CCCC(=O)On3c(O)ccc3O)c2)c(OC)c1. The number of nitrogens with zero attached hydrogens (tertiary/aromatic N) is 1. The first kappa shape index (κ1) is 37.1. The lowest BCUT2D eigenvalue weighted by Crippen LogP contribution is -2.26. The van der Waals surface area contributed by atoms with Crippen LogP contribution >= 0.6 is 0 Å². The maximum absolute atomic E-state index is 13.0. The number of hydrogen-bond donors (Lipinski definition) is 4. The fourth-order valence-corrected chi connectivity index (χ4v) is 5.49. The van der Waals surface area contributed by atoms with E-state index in [4.69, 9.17) is 23.8 Å². The van der Waals surface area contributed by atoms with Crippen molar-refractivity contribution in [2.45, 2.75) is 37.9 Å². The standard InChI is InChI=1S/C32H39N3O12S/c1-43-22-18-26(45-3)23(27(19-22)46-4)14-16-48(41,42)20-21-10-11-25(44-2)24(17-21)34-29(37)8-6-15-33-28(36)7-5-9-32(40)47-35-30(38)12-13-31(35)39/h10-14,16-19,38-39H,5-9,15,20H2,1-4H3,(H,33,36)(H,34,37). The summed E-state index contributed by atoms with van der Waals surface area (Å²) in [6, 6.07) is 10.2. The van der Waals surface area contributed by atoms with E-state index in [2.05, 4.69) is 10.6 Å². The lowest BCUT2D eigenvalue weighted by atomic mass is 10.1. The van der Waals surface area contributed by atoms with Crippen LogP contribution in [0.25, 0.3) is 6.08 Å². The van der Waals surface area contributed by atoms with Crippen molar-refractivity contribution in [1.82, 2.24) is 10.0 Å². The third kappa shape index (κ3) is 10.9. The number of aromatic nitrogens is 1. The molecule has 1 heterocycles. The van der Waals surface area contributed by atoms with Crippen molar-refractivity contribution in [3.63, 3.8) is 0 Å². The molecule has 0 bridgehead atoms. The Morgan fingerprint density at radius 1 is 0.792 bits per heavy atom. The number of carbonyl (C=O) groups excluding carboxylic acids is 3. The van der Waals surface area contributed by atoms with Crippen molar-refractivity contribution in [2.75, 3.05) is 40.3 Å². The summed E-state index contributed by atoms with van der Waals surface area (Å²) in [7, 11) is 2.02. The van der Waals surface area contributed by atoms with Gasteiger partial charge >= 0.3 is 5.97 Å². The molecule has 1 aromatic heterocycles.